The average molecular weight is 205 g/mol. The van der Waals surface area contributed by atoms with Crippen molar-refractivity contribution in [2.75, 3.05) is 0 Å². The maximum Gasteiger partial charge on any atom is 0.0352 e. The van der Waals surface area contributed by atoms with E-state index in [1.165, 1.54) is 24.0 Å². The molecule has 0 bridgehead atoms. The maximum absolute atomic E-state index is 6.05. The van der Waals surface area contributed by atoms with E-state index in [1.807, 2.05) is 13.8 Å². The Hall–Kier alpha value is -0.820. The molecule has 1 aromatic carbocycles. The molecule has 0 atom stereocenters. The van der Waals surface area contributed by atoms with E-state index in [9.17, 15) is 0 Å². The Morgan fingerprint density at radius 3 is 1.87 bits per heavy atom. The fourth-order valence-corrected chi connectivity index (χ4v) is 1.94. The summed E-state index contributed by atoms with van der Waals surface area (Å²) in [5, 5.41) is 0. The summed E-state index contributed by atoms with van der Waals surface area (Å²) >= 11 is 0. The van der Waals surface area contributed by atoms with Crippen LogP contribution in [0.15, 0.2) is 24.3 Å². The molecule has 84 valence electrons. The van der Waals surface area contributed by atoms with Crippen molar-refractivity contribution in [1.29, 1.82) is 0 Å². The van der Waals surface area contributed by atoms with Gasteiger partial charge in [-0.05, 0) is 43.7 Å². The third kappa shape index (κ3) is 3.07. The van der Waals surface area contributed by atoms with Gasteiger partial charge in [-0.15, -0.1) is 0 Å². The van der Waals surface area contributed by atoms with Crippen molar-refractivity contribution in [1.82, 2.24) is 0 Å². The largest absolute Gasteiger partial charge is 0.322 e. The van der Waals surface area contributed by atoms with Crippen LogP contribution in [-0.2, 0) is 5.54 Å². The highest BCUT2D eigenvalue weighted by Crippen LogP contribution is 2.25. The van der Waals surface area contributed by atoms with Crippen LogP contribution in [0.2, 0.25) is 0 Å². The van der Waals surface area contributed by atoms with Gasteiger partial charge >= 0.3 is 0 Å². The van der Waals surface area contributed by atoms with Crippen LogP contribution >= 0.6 is 0 Å². The molecule has 1 aromatic rings. The fourth-order valence-electron chi connectivity index (χ4n) is 1.94. The Morgan fingerprint density at radius 1 is 1.07 bits per heavy atom. The molecule has 0 unspecified atom stereocenters. The molecule has 1 rings (SSSR count). The van der Waals surface area contributed by atoms with Gasteiger partial charge in [-0.25, -0.2) is 0 Å². The SMILES string of the molecule is CCC(CC)c1ccc(C(C)(C)N)cc1. The van der Waals surface area contributed by atoms with Crippen LogP contribution in [-0.4, -0.2) is 0 Å². The first-order valence-electron chi connectivity index (χ1n) is 5.88. The van der Waals surface area contributed by atoms with Gasteiger partial charge in [0.15, 0.2) is 0 Å². The smallest absolute Gasteiger partial charge is 0.0352 e. The molecule has 0 heterocycles. The molecule has 0 aliphatic rings. The van der Waals surface area contributed by atoms with Crippen molar-refractivity contribution < 1.29 is 0 Å². The monoisotopic (exact) mass is 205 g/mol. The first kappa shape index (κ1) is 12.3. The average Bonchev–Trinajstić information content (AvgIpc) is 2.19. The molecule has 0 aliphatic carbocycles. The van der Waals surface area contributed by atoms with E-state index in [1.54, 1.807) is 0 Å². The summed E-state index contributed by atoms with van der Waals surface area (Å²) < 4.78 is 0. The van der Waals surface area contributed by atoms with Gasteiger partial charge in [0.05, 0.1) is 0 Å². The van der Waals surface area contributed by atoms with Crippen molar-refractivity contribution in [2.45, 2.75) is 52.0 Å². The second kappa shape index (κ2) is 4.80. The van der Waals surface area contributed by atoms with Crippen LogP contribution in [0.4, 0.5) is 0 Å². The molecule has 2 N–H and O–H groups in total. The molecule has 1 heteroatoms. The number of hydrogen-bond donors (Lipinski definition) is 1. The van der Waals surface area contributed by atoms with Crippen molar-refractivity contribution in [3.05, 3.63) is 35.4 Å². The molecule has 1 nitrogen and oxygen atoms in total. The highest BCUT2D eigenvalue weighted by atomic mass is 14.7. The van der Waals surface area contributed by atoms with Gasteiger partial charge in [-0.1, -0.05) is 38.1 Å². The topological polar surface area (TPSA) is 26.0 Å². The standard InChI is InChI=1S/C14H23N/c1-5-11(6-2)12-7-9-13(10-8-12)14(3,4)15/h7-11H,5-6,15H2,1-4H3. The third-order valence-corrected chi connectivity index (χ3v) is 3.11. The number of nitrogens with two attached hydrogens (primary N) is 1. The van der Waals surface area contributed by atoms with Crippen molar-refractivity contribution in [3.8, 4) is 0 Å². The van der Waals surface area contributed by atoms with E-state index in [0.717, 1.165) is 0 Å². The lowest BCUT2D eigenvalue weighted by atomic mass is 9.89. The highest BCUT2D eigenvalue weighted by molar-refractivity contribution is 5.29. The number of hydrogen-bond acceptors (Lipinski definition) is 1. The van der Waals surface area contributed by atoms with Gasteiger partial charge in [-0.2, -0.15) is 0 Å². The van der Waals surface area contributed by atoms with Crippen LogP contribution in [0, 0.1) is 0 Å². The Kier molecular flexibility index (Phi) is 3.92. The zero-order valence-corrected chi connectivity index (χ0v) is 10.4. The van der Waals surface area contributed by atoms with E-state index in [4.69, 9.17) is 5.73 Å². The summed E-state index contributed by atoms with van der Waals surface area (Å²) in [6.45, 7) is 8.57. The van der Waals surface area contributed by atoms with Crippen molar-refractivity contribution >= 4 is 0 Å². The van der Waals surface area contributed by atoms with Crippen LogP contribution < -0.4 is 5.73 Å². The van der Waals surface area contributed by atoms with Gasteiger partial charge in [-0.3, -0.25) is 0 Å². The van der Waals surface area contributed by atoms with E-state index >= 15 is 0 Å². The van der Waals surface area contributed by atoms with Crippen molar-refractivity contribution in [3.63, 3.8) is 0 Å². The molecule has 0 saturated heterocycles. The quantitative estimate of drug-likeness (QED) is 0.795. The zero-order chi connectivity index (χ0) is 11.5. The normalized spacial score (nSPS) is 12.1. The summed E-state index contributed by atoms with van der Waals surface area (Å²) in [7, 11) is 0. The predicted octanol–water partition coefficient (Wildman–Crippen LogP) is 3.78. The Labute approximate surface area is 93.7 Å². The van der Waals surface area contributed by atoms with Crippen LogP contribution in [0.5, 0.6) is 0 Å². The molecular formula is C14H23N. The van der Waals surface area contributed by atoms with E-state index in [0.29, 0.717) is 5.92 Å². The molecule has 0 spiro atoms. The minimum Gasteiger partial charge on any atom is -0.322 e. The molecule has 0 aromatic heterocycles. The number of benzene rings is 1. The zero-order valence-electron chi connectivity index (χ0n) is 10.4. The fraction of sp³-hybridized carbons (Fsp3) is 0.571. The van der Waals surface area contributed by atoms with Gasteiger partial charge in [0.2, 0.25) is 0 Å². The maximum atomic E-state index is 6.05. The second-order valence-corrected chi connectivity index (χ2v) is 4.86. The molecular weight excluding hydrogens is 182 g/mol. The molecule has 0 saturated carbocycles. The van der Waals surface area contributed by atoms with E-state index in [2.05, 4.69) is 38.1 Å². The predicted molar refractivity (Wildman–Crippen MR) is 67.0 cm³/mol. The number of rotatable bonds is 4. The van der Waals surface area contributed by atoms with Gasteiger partial charge in [0, 0.05) is 5.54 Å². The lowest BCUT2D eigenvalue weighted by Gasteiger charge is -2.20. The summed E-state index contributed by atoms with van der Waals surface area (Å²) in [4.78, 5) is 0. The summed E-state index contributed by atoms with van der Waals surface area (Å²) in [5.74, 6) is 0.694. The van der Waals surface area contributed by atoms with Gasteiger partial charge in [0.25, 0.3) is 0 Å². The van der Waals surface area contributed by atoms with Crippen LogP contribution in [0.3, 0.4) is 0 Å². The van der Waals surface area contributed by atoms with Crippen LogP contribution in [0.25, 0.3) is 0 Å². The Bertz CT molecular complexity index is 288. The van der Waals surface area contributed by atoms with E-state index < -0.39 is 0 Å². The lowest BCUT2D eigenvalue weighted by Crippen LogP contribution is -2.28. The van der Waals surface area contributed by atoms with Crippen molar-refractivity contribution in [2.24, 2.45) is 5.73 Å². The summed E-state index contributed by atoms with van der Waals surface area (Å²) in [6, 6.07) is 8.77. The summed E-state index contributed by atoms with van der Waals surface area (Å²) in [6.07, 6.45) is 2.42. The second-order valence-electron chi connectivity index (χ2n) is 4.86. The third-order valence-electron chi connectivity index (χ3n) is 3.11. The van der Waals surface area contributed by atoms with Crippen LogP contribution in [0.1, 0.15) is 57.6 Å². The minimum absolute atomic E-state index is 0.230. The highest BCUT2D eigenvalue weighted by Gasteiger charge is 2.14. The Balaban J connectivity index is 2.89. The minimum atomic E-state index is -0.230. The molecule has 15 heavy (non-hydrogen) atoms. The Morgan fingerprint density at radius 2 is 1.53 bits per heavy atom. The summed E-state index contributed by atoms with van der Waals surface area (Å²) in [5.41, 5.74) is 8.46. The van der Waals surface area contributed by atoms with Gasteiger partial charge in [0.1, 0.15) is 0 Å². The molecule has 0 amide bonds. The lowest BCUT2D eigenvalue weighted by molar-refractivity contribution is 0.553. The molecule has 0 radical (unpaired) electrons. The first-order valence-corrected chi connectivity index (χ1v) is 5.88. The first-order chi connectivity index (χ1) is 6.99. The van der Waals surface area contributed by atoms with Gasteiger partial charge < -0.3 is 5.73 Å². The van der Waals surface area contributed by atoms with E-state index in [-0.39, 0.29) is 5.54 Å². The molecule has 0 fully saturated rings. The molecule has 0 aliphatic heterocycles.